The molecule has 0 N–H and O–H groups in total. The molecule has 2 saturated heterocycles. The minimum atomic E-state index is -0.982. The van der Waals surface area contributed by atoms with Crippen molar-refractivity contribution < 1.29 is 19.1 Å². The van der Waals surface area contributed by atoms with Crippen LogP contribution in [0.5, 0.6) is 0 Å². The van der Waals surface area contributed by atoms with Gasteiger partial charge in [0.05, 0.1) is 0 Å². The molecule has 6 heteroatoms. The van der Waals surface area contributed by atoms with Crippen LogP contribution in [0.2, 0.25) is 0 Å². The van der Waals surface area contributed by atoms with Gasteiger partial charge in [-0.1, -0.05) is 12.8 Å². The molecule has 122 valence electrons. The maximum Gasteiger partial charge on any atom is 0.418 e. The summed E-state index contributed by atoms with van der Waals surface area (Å²) in [5.74, 6) is -0.451. The first kappa shape index (κ1) is 15.3. The summed E-state index contributed by atoms with van der Waals surface area (Å²) < 4.78 is 5.38. The Morgan fingerprint density at radius 2 is 1.64 bits per heavy atom. The van der Waals surface area contributed by atoms with Gasteiger partial charge in [0.25, 0.3) is 5.91 Å². The fourth-order valence-corrected chi connectivity index (χ4v) is 3.82. The molecule has 1 saturated carbocycles. The average molecular weight is 308 g/mol. The molecule has 3 amide bonds. The molecule has 22 heavy (non-hydrogen) atoms. The van der Waals surface area contributed by atoms with Crippen molar-refractivity contribution in [3.8, 4) is 0 Å². The smallest absolute Gasteiger partial charge is 0.418 e. The monoisotopic (exact) mass is 308 g/mol. The summed E-state index contributed by atoms with van der Waals surface area (Å²) in [7, 11) is 0. The Bertz CT molecular complexity index is 477. The molecule has 0 aromatic heterocycles. The minimum absolute atomic E-state index is 0.137. The van der Waals surface area contributed by atoms with Gasteiger partial charge in [0.2, 0.25) is 5.91 Å². The Kier molecular flexibility index (Phi) is 4.10. The highest BCUT2D eigenvalue weighted by molar-refractivity contribution is 6.06. The lowest BCUT2D eigenvalue weighted by atomic mass is 10.0. The Morgan fingerprint density at radius 1 is 1.05 bits per heavy atom. The number of nitrogens with zero attached hydrogens (tertiary/aromatic N) is 2. The summed E-state index contributed by atoms with van der Waals surface area (Å²) in [6, 6.07) is -0.766. The van der Waals surface area contributed by atoms with Crippen molar-refractivity contribution in [2.24, 2.45) is 0 Å². The van der Waals surface area contributed by atoms with Crippen LogP contribution in [0, 0.1) is 0 Å². The third-order valence-corrected chi connectivity index (χ3v) is 5.16. The van der Waals surface area contributed by atoms with Crippen LogP contribution in [0.15, 0.2) is 0 Å². The van der Waals surface area contributed by atoms with Gasteiger partial charge in [-0.25, -0.2) is 9.69 Å². The molecule has 6 nitrogen and oxygen atoms in total. The predicted octanol–water partition coefficient (Wildman–Crippen LogP) is 2.07. The van der Waals surface area contributed by atoms with Crippen LogP contribution in [0.25, 0.3) is 0 Å². The second kappa shape index (κ2) is 5.89. The summed E-state index contributed by atoms with van der Waals surface area (Å²) in [5.41, 5.74) is -0.982. The number of ether oxygens (including phenoxy) is 1. The zero-order valence-corrected chi connectivity index (χ0v) is 13.2. The van der Waals surface area contributed by atoms with Gasteiger partial charge in [-0.2, -0.15) is 0 Å². The predicted molar refractivity (Wildman–Crippen MR) is 79.0 cm³/mol. The lowest BCUT2D eigenvalue weighted by Crippen LogP contribution is -2.51. The van der Waals surface area contributed by atoms with Gasteiger partial charge < -0.3 is 9.64 Å². The van der Waals surface area contributed by atoms with Crippen molar-refractivity contribution in [2.75, 3.05) is 13.1 Å². The number of imide groups is 1. The van der Waals surface area contributed by atoms with Crippen molar-refractivity contribution in [2.45, 2.75) is 69.9 Å². The van der Waals surface area contributed by atoms with Crippen LogP contribution in [0.3, 0.4) is 0 Å². The number of carbonyl (C=O) groups excluding carboxylic acids is 3. The summed E-state index contributed by atoms with van der Waals surface area (Å²) >= 11 is 0. The molecule has 0 radical (unpaired) electrons. The average Bonchev–Trinajstić information content (AvgIpc) is 2.93. The van der Waals surface area contributed by atoms with Gasteiger partial charge in [-0.05, 0) is 45.4 Å². The molecule has 3 rings (SSSR count). The molecule has 3 fully saturated rings. The van der Waals surface area contributed by atoms with E-state index in [0.717, 1.165) is 43.4 Å². The summed E-state index contributed by atoms with van der Waals surface area (Å²) in [4.78, 5) is 40.3. The third-order valence-electron chi connectivity index (χ3n) is 5.16. The second-order valence-electron chi connectivity index (χ2n) is 6.66. The van der Waals surface area contributed by atoms with Crippen LogP contribution in [0.4, 0.5) is 4.79 Å². The molecule has 1 spiro atoms. The van der Waals surface area contributed by atoms with E-state index >= 15 is 0 Å². The fraction of sp³-hybridized carbons (Fsp3) is 0.812. The van der Waals surface area contributed by atoms with Crippen LogP contribution >= 0.6 is 0 Å². The van der Waals surface area contributed by atoms with Gasteiger partial charge in [0, 0.05) is 13.1 Å². The molecule has 0 bridgehead atoms. The lowest BCUT2D eigenvalue weighted by Gasteiger charge is -2.27. The van der Waals surface area contributed by atoms with E-state index in [-0.39, 0.29) is 11.8 Å². The van der Waals surface area contributed by atoms with Crippen molar-refractivity contribution in [3.05, 3.63) is 0 Å². The SMILES string of the molecule is CC(C(=O)N1CCCCCC1)N1C(=O)OC2(CCCC2)C1=O. The number of amides is 3. The molecule has 2 heterocycles. The van der Waals surface area contributed by atoms with Gasteiger partial charge in [-0.3, -0.25) is 9.59 Å². The zero-order valence-electron chi connectivity index (χ0n) is 13.2. The van der Waals surface area contributed by atoms with Crippen LogP contribution < -0.4 is 0 Å². The Hall–Kier alpha value is -1.59. The Labute approximate surface area is 130 Å². The maximum absolute atomic E-state index is 12.7. The number of hydrogen-bond donors (Lipinski definition) is 0. The van der Waals surface area contributed by atoms with Crippen molar-refractivity contribution in [1.82, 2.24) is 9.80 Å². The molecule has 1 unspecified atom stereocenters. The van der Waals surface area contributed by atoms with E-state index in [1.807, 2.05) is 0 Å². The summed E-state index contributed by atoms with van der Waals surface area (Å²) in [5, 5.41) is 0. The minimum Gasteiger partial charge on any atom is -0.432 e. The van der Waals surface area contributed by atoms with Gasteiger partial charge >= 0.3 is 6.09 Å². The van der Waals surface area contributed by atoms with Crippen molar-refractivity contribution in [3.63, 3.8) is 0 Å². The highest BCUT2D eigenvalue weighted by Crippen LogP contribution is 2.40. The van der Waals surface area contributed by atoms with E-state index in [0.29, 0.717) is 25.9 Å². The van der Waals surface area contributed by atoms with E-state index < -0.39 is 17.7 Å². The molecule has 1 aliphatic carbocycles. The standard InChI is InChI=1S/C16H24N2O4/c1-12(13(19)17-10-6-2-3-7-11-17)18-14(20)16(22-15(18)21)8-4-5-9-16/h12H,2-11H2,1H3. The molecule has 1 atom stereocenters. The lowest BCUT2D eigenvalue weighted by molar-refractivity contribution is -0.144. The highest BCUT2D eigenvalue weighted by Gasteiger charge is 2.57. The number of likely N-dealkylation sites (tertiary alicyclic amines) is 1. The fourth-order valence-electron chi connectivity index (χ4n) is 3.82. The molecule has 0 aromatic carbocycles. The van der Waals surface area contributed by atoms with E-state index in [4.69, 9.17) is 4.74 Å². The van der Waals surface area contributed by atoms with Crippen LogP contribution in [-0.2, 0) is 14.3 Å². The number of carbonyl (C=O) groups is 3. The van der Waals surface area contributed by atoms with E-state index in [9.17, 15) is 14.4 Å². The van der Waals surface area contributed by atoms with Gasteiger partial charge in [0.1, 0.15) is 6.04 Å². The van der Waals surface area contributed by atoms with Crippen molar-refractivity contribution in [1.29, 1.82) is 0 Å². The first-order chi connectivity index (χ1) is 10.6. The molecule has 3 aliphatic rings. The van der Waals surface area contributed by atoms with Crippen LogP contribution in [-0.4, -0.2) is 52.4 Å². The largest absolute Gasteiger partial charge is 0.432 e. The van der Waals surface area contributed by atoms with Crippen LogP contribution in [0.1, 0.15) is 58.3 Å². The summed E-state index contributed by atoms with van der Waals surface area (Å²) in [6.07, 6.45) is 6.53. The van der Waals surface area contributed by atoms with E-state index in [1.54, 1.807) is 11.8 Å². The Balaban J connectivity index is 1.73. The molecule has 0 aromatic rings. The molecular weight excluding hydrogens is 284 g/mol. The van der Waals surface area contributed by atoms with E-state index in [2.05, 4.69) is 0 Å². The van der Waals surface area contributed by atoms with Gasteiger partial charge in [-0.15, -0.1) is 0 Å². The Morgan fingerprint density at radius 3 is 2.23 bits per heavy atom. The first-order valence-electron chi connectivity index (χ1n) is 8.41. The topological polar surface area (TPSA) is 66.9 Å². The third kappa shape index (κ3) is 2.48. The number of hydrogen-bond acceptors (Lipinski definition) is 4. The molecule has 2 aliphatic heterocycles. The normalized spacial score (nSPS) is 26.2. The first-order valence-corrected chi connectivity index (χ1v) is 8.41. The maximum atomic E-state index is 12.7. The van der Waals surface area contributed by atoms with Gasteiger partial charge in [0.15, 0.2) is 5.60 Å². The zero-order chi connectivity index (χ0) is 15.7. The highest BCUT2D eigenvalue weighted by atomic mass is 16.6. The van der Waals surface area contributed by atoms with E-state index in [1.165, 1.54) is 0 Å². The number of rotatable bonds is 2. The quantitative estimate of drug-likeness (QED) is 0.783. The molecular formula is C16H24N2O4. The van der Waals surface area contributed by atoms with Crippen molar-refractivity contribution >= 4 is 17.9 Å². The second-order valence-corrected chi connectivity index (χ2v) is 6.66. The summed E-state index contributed by atoms with van der Waals surface area (Å²) in [6.45, 7) is 3.07.